The Morgan fingerprint density at radius 2 is 2.00 bits per heavy atom. The summed E-state index contributed by atoms with van der Waals surface area (Å²) < 4.78 is 24.9. The predicted molar refractivity (Wildman–Crippen MR) is 77.3 cm³/mol. The van der Waals surface area contributed by atoms with Gasteiger partial charge in [-0.3, -0.25) is 0 Å². The van der Waals surface area contributed by atoms with Gasteiger partial charge in [0.1, 0.15) is 0 Å². The molecule has 2 saturated heterocycles. The number of nitrogens with zero attached hydrogens (tertiary/aromatic N) is 2. The van der Waals surface area contributed by atoms with Gasteiger partial charge in [0.15, 0.2) is 0 Å². The maximum absolute atomic E-state index is 11.6. The number of sulfonamides is 1. The fourth-order valence-electron chi connectivity index (χ4n) is 3.30. The van der Waals surface area contributed by atoms with Crippen molar-refractivity contribution in [2.75, 3.05) is 39.0 Å². The molecule has 0 aromatic carbocycles. The van der Waals surface area contributed by atoms with Gasteiger partial charge in [0.2, 0.25) is 10.0 Å². The van der Waals surface area contributed by atoms with Gasteiger partial charge in [-0.15, -0.1) is 0 Å². The summed E-state index contributed by atoms with van der Waals surface area (Å²) in [6.45, 7) is 6.68. The van der Waals surface area contributed by atoms with Crippen molar-refractivity contribution in [1.29, 1.82) is 0 Å². The highest BCUT2D eigenvalue weighted by molar-refractivity contribution is 7.88. The lowest BCUT2D eigenvalue weighted by atomic mass is 9.99. The van der Waals surface area contributed by atoms with E-state index in [-0.39, 0.29) is 6.04 Å². The Labute approximate surface area is 117 Å². The van der Waals surface area contributed by atoms with Crippen LogP contribution in [0.25, 0.3) is 0 Å². The van der Waals surface area contributed by atoms with Crippen LogP contribution in [0, 0.1) is 11.8 Å². The van der Waals surface area contributed by atoms with Gasteiger partial charge in [-0.2, -0.15) is 0 Å². The Hall–Kier alpha value is -0.170. The minimum Gasteiger partial charge on any atom is -0.328 e. The Morgan fingerprint density at radius 1 is 1.26 bits per heavy atom. The molecule has 112 valence electrons. The molecule has 0 saturated carbocycles. The van der Waals surface area contributed by atoms with E-state index >= 15 is 0 Å². The first kappa shape index (κ1) is 15.2. The van der Waals surface area contributed by atoms with Crippen molar-refractivity contribution in [3.63, 3.8) is 0 Å². The SMILES string of the molecule is CC(N)C1CCN(CC2CCCN(S(C)(=O)=O)C2)C1. The quantitative estimate of drug-likeness (QED) is 0.810. The zero-order valence-electron chi connectivity index (χ0n) is 12.1. The minimum absolute atomic E-state index is 0.267. The molecule has 0 amide bonds. The third-order valence-electron chi connectivity index (χ3n) is 4.52. The van der Waals surface area contributed by atoms with Crippen molar-refractivity contribution in [2.24, 2.45) is 17.6 Å². The van der Waals surface area contributed by atoms with Crippen molar-refractivity contribution in [3.05, 3.63) is 0 Å². The number of rotatable bonds is 4. The van der Waals surface area contributed by atoms with Crippen LogP contribution >= 0.6 is 0 Å². The second-order valence-electron chi connectivity index (χ2n) is 6.30. The molecule has 2 N–H and O–H groups in total. The van der Waals surface area contributed by atoms with E-state index in [1.807, 2.05) is 0 Å². The second kappa shape index (κ2) is 6.08. The molecule has 0 bridgehead atoms. The van der Waals surface area contributed by atoms with Crippen LogP contribution in [0.15, 0.2) is 0 Å². The Balaban J connectivity index is 1.83. The second-order valence-corrected chi connectivity index (χ2v) is 8.28. The summed E-state index contributed by atoms with van der Waals surface area (Å²) in [5.74, 6) is 1.09. The van der Waals surface area contributed by atoms with Crippen LogP contribution in [0.5, 0.6) is 0 Å². The van der Waals surface area contributed by atoms with E-state index in [4.69, 9.17) is 5.73 Å². The normalized spacial score (nSPS) is 32.6. The van der Waals surface area contributed by atoms with Gasteiger partial charge >= 0.3 is 0 Å². The fraction of sp³-hybridized carbons (Fsp3) is 1.00. The summed E-state index contributed by atoms with van der Waals surface area (Å²) >= 11 is 0. The number of nitrogens with two attached hydrogens (primary N) is 1. The van der Waals surface area contributed by atoms with Crippen LogP contribution in [0.1, 0.15) is 26.2 Å². The summed E-state index contributed by atoms with van der Waals surface area (Å²) in [5.41, 5.74) is 5.96. The van der Waals surface area contributed by atoms with Crippen LogP contribution < -0.4 is 5.73 Å². The zero-order valence-corrected chi connectivity index (χ0v) is 12.9. The highest BCUT2D eigenvalue weighted by Crippen LogP contribution is 2.24. The predicted octanol–water partition coefficient (Wildman–Crippen LogP) is 0.327. The first-order valence-corrected chi connectivity index (χ1v) is 9.14. The highest BCUT2D eigenvalue weighted by atomic mass is 32.2. The molecule has 2 fully saturated rings. The Bertz CT molecular complexity index is 397. The molecule has 2 aliphatic rings. The molecule has 0 aliphatic carbocycles. The van der Waals surface area contributed by atoms with Crippen LogP contribution in [0.4, 0.5) is 0 Å². The molecule has 6 heteroatoms. The molecular formula is C13H27N3O2S. The van der Waals surface area contributed by atoms with E-state index in [0.29, 0.717) is 24.9 Å². The summed E-state index contributed by atoms with van der Waals surface area (Å²) in [6.07, 6.45) is 4.63. The van der Waals surface area contributed by atoms with E-state index < -0.39 is 10.0 Å². The van der Waals surface area contributed by atoms with E-state index in [2.05, 4.69) is 11.8 Å². The molecule has 2 heterocycles. The molecule has 0 aromatic heterocycles. The molecule has 0 aromatic rings. The molecule has 5 nitrogen and oxygen atoms in total. The summed E-state index contributed by atoms with van der Waals surface area (Å²) in [7, 11) is -3.02. The first-order chi connectivity index (χ1) is 8.86. The number of likely N-dealkylation sites (tertiary alicyclic amines) is 1. The smallest absolute Gasteiger partial charge is 0.211 e. The molecule has 3 unspecified atom stereocenters. The van der Waals surface area contributed by atoms with Gasteiger partial charge in [0.05, 0.1) is 6.26 Å². The van der Waals surface area contributed by atoms with Gasteiger partial charge in [0.25, 0.3) is 0 Å². The maximum atomic E-state index is 11.6. The number of hydrogen-bond acceptors (Lipinski definition) is 4. The third-order valence-corrected chi connectivity index (χ3v) is 5.79. The molecule has 2 aliphatic heterocycles. The summed E-state index contributed by atoms with van der Waals surface area (Å²) in [5, 5.41) is 0. The van der Waals surface area contributed by atoms with Crippen molar-refractivity contribution in [2.45, 2.75) is 32.2 Å². The molecule has 2 rings (SSSR count). The monoisotopic (exact) mass is 289 g/mol. The average Bonchev–Trinajstić information content (AvgIpc) is 2.77. The molecule has 0 spiro atoms. The largest absolute Gasteiger partial charge is 0.328 e. The Kier molecular flexibility index (Phi) is 4.87. The minimum atomic E-state index is -3.02. The summed E-state index contributed by atoms with van der Waals surface area (Å²) in [4.78, 5) is 2.46. The van der Waals surface area contributed by atoms with Crippen molar-refractivity contribution < 1.29 is 8.42 Å². The van der Waals surface area contributed by atoms with Gasteiger partial charge in [-0.1, -0.05) is 0 Å². The molecule has 0 radical (unpaired) electrons. The highest BCUT2D eigenvalue weighted by Gasteiger charge is 2.30. The topological polar surface area (TPSA) is 66.6 Å². The molecule has 3 atom stereocenters. The molecule has 19 heavy (non-hydrogen) atoms. The van der Waals surface area contributed by atoms with Crippen molar-refractivity contribution in [3.8, 4) is 0 Å². The number of piperidine rings is 1. The van der Waals surface area contributed by atoms with Crippen molar-refractivity contribution >= 4 is 10.0 Å². The third kappa shape index (κ3) is 4.15. The summed E-state index contributed by atoms with van der Waals surface area (Å²) in [6, 6.07) is 0.267. The van der Waals surface area contributed by atoms with Gasteiger partial charge in [0, 0.05) is 32.2 Å². The fourth-order valence-corrected chi connectivity index (χ4v) is 4.24. The van der Waals surface area contributed by atoms with Crippen LogP contribution in [-0.2, 0) is 10.0 Å². The average molecular weight is 289 g/mol. The lowest BCUT2D eigenvalue weighted by Gasteiger charge is -2.33. The van der Waals surface area contributed by atoms with E-state index in [1.165, 1.54) is 12.7 Å². The van der Waals surface area contributed by atoms with Crippen LogP contribution in [-0.4, -0.2) is 62.6 Å². The molecular weight excluding hydrogens is 262 g/mol. The van der Waals surface area contributed by atoms with Crippen LogP contribution in [0.3, 0.4) is 0 Å². The lowest BCUT2D eigenvalue weighted by Crippen LogP contribution is -2.43. The van der Waals surface area contributed by atoms with E-state index in [0.717, 1.165) is 32.5 Å². The van der Waals surface area contributed by atoms with Gasteiger partial charge < -0.3 is 10.6 Å². The van der Waals surface area contributed by atoms with Gasteiger partial charge in [-0.25, -0.2) is 12.7 Å². The Morgan fingerprint density at radius 3 is 2.58 bits per heavy atom. The van der Waals surface area contributed by atoms with E-state index in [1.54, 1.807) is 4.31 Å². The standard InChI is InChI=1S/C13H27N3O2S/c1-11(14)13-5-7-15(10-13)8-12-4-3-6-16(9-12)19(2,17)18/h11-13H,3-10,14H2,1-2H3. The number of hydrogen-bond donors (Lipinski definition) is 1. The lowest BCUT2D eigenvalue weighted by molar-refractivity contribution is 0.195. The maximum Gasteiger partial charge on any atom is 0.211 e. The van der Waals surface area contributed by atoms with E-state index in [9.17, 15) is 8.42 Å². The van der Waals surface area contributed by atoms with Crippen LogP contribution in [0.2, 0.25) is 0 Å². The van der Waals surface area contributed by atoms with Crippen molar-refractivity contribution in [1.82, 2.24) is 9.21 Å². The zero-order chi connectivity index (χ0) is 14.0. The van der Waals surface area contributed by atoms with Gasteiger partial charge in [-0.05, 0) is 44.6 Å². The first-order valence-electron chi connectivity index (χ1n) is 7.29.